The minimum Gasteiger partial charge on any atom is -0.355 e. The number of nitrogens with zero attached hydrogens (tertiary/aromatic N) is 8. The molecule has 4 aromatic carbocycles. The van der Waals surface area contributed by atoms with E-state index < -0.39 is 21.7 Å². The molecule has 84 heavy (non-hydrogen) atoms. The van der Waals surface area contributed by atoms with Crippen molar-refractivity contribution >= 4 is 102 Å². The molecular weight excluding hydrogens is 1090 g/mol. The normalized spacial score (nSPS) is 12.8. The Bertz CT molecular complexity index is 4660. The van der Waals surface area contributed by atoms with Gasteiger partial charge in [0.25, 0.3) is 11.4 Å². The number of carbonyl (C=O) groups excluding carboxylic acids is 2. The highest BCUT2D eigenvalue weighted by Crippen LogP contribution is 2.39. The van der Waals surface area contributed by atoms with E-state index in [0.29, 0.717) is 45.3 Å². The molecule has 18 heteroatoms. The van der Waals surface area contributed by atoms with Gasteiger partial charge in [0, 0.05) is 68.9 Å². The first kappa shape index (κ1) is 55.8. The Labute approximate surface area is 490 Å². The fraction of sp³-hybridized carbons (Fsp3) is 0.152. The number of hydrogen-bond donors (Lipinski definition) is 2. The van der Waals surface area contributed by atoms with Crippen LogP contribution in [0.5, 0.6) is 0 Å². The highest BCUT2D eigenvalue weighted by molar-refractivity contribution is 7.07. The van der Waals surface area contributed by atoms with Crippen LogP contribution in [0.2, 0.25) is 0 Å². The third-order valence-electron chi connectivity index (χ3n) is 15.4. The maximum absolute atomic E-state index is 14.4. The summed E-state index contributed by atoms with van der Waals surface area (Å²) < 4.78 is 3.36. The van der Waals surface area contributed by atoms with Crippen molar-refractivity contribution in [1.82, 2.24) is 29.1 Å². The molecule has 0 saturated heterocycles. The Morgan fingerprint density at radius 3 is 1.37 bits per heavy atom. The maximum atomic E-state index is 14.4. The zero-order valence-corrected chi connectivity index (χ0v) is 48.6. The summed E-state index contributed by atoms with van der Waals surface area (Å²) in [6.45, 7) is 19.9. The smallest absolute Gasteiger partial charge is 0.293 e. The molecule has 7 heterocycles. The number of H-pyrrole nitrogens is 2. The molecule has 2 N–H and O–H groups in total. The number of carbonyl (C=O) groups is 2. The molecule has 0 spiro atoms. The molecule has 0 radical (unpaired) electrons. The molecule has 0 aliphatic carbocycles. The van der Waals surface area contributed by atoms with Gasteiger partial charge in [-0.2, -0.15) is 9.98 Å². The van der Waals surface area contributed by atoms with Crippen LogP contribution in [0.15, 0.2) is 155 Å². The lowest BCUT2D eigenvalue weighted by molar-refractivity contribution is -0.384. The summed E-state index contributed by atoms with van der Waals surface area (Å²) in [7, 11) is 0. The van der Waals surface area contributed by atoms with Gasteiger partial charge in [0.05, 0.1) is 44.0 Å². The molecule has 0 fully saturated rings. The standard InChI is InChI=1S/C66H56N10O6S2/c1-9-45-39(5)49-31-50-41(7)47(23-27-63(77)71-65-73(57-25-21-37(3)29-59(57)75(79)80)61(35-83-65)43-17-13-11-14-18-43)55(69-50)34-56-48(42(8)52(70-56)33-54-46(10-2)40(6)51(68-54)32-53(45)67-49)24-28-64(78)72-66-74(58-26-22-38(4)30-60(58)76(81)82)62(36-84-66)44-19-15-12-16-20-44/h9-22,25-26,29-36,67-68H,1-2,23-24,27-28H2,3-8H3. The van der Waals surface area contributed by atoms with Crippen molar-refractivity contribution in [2.24, 2.45) is 9.98 Å². The Balaban J connectivity index is 1.03. The number of allylic oxidation sites excluding steroid dienone is 4. The monoisotopic (exact) mass is 1150 g/mol. The Morgan fingerprint density at radius 2 is 0.952 bits per heavy atom. The maximum Gasteiger partial charge on any atom is 0.293 e. The summed E-state index contributed by atoms with van der Waals surface area (Å²) in [5, 5.41) is 28.8. The highest BCUT2D eigenvalue weighted by Gasteiger charge is 2.26. The zero-order valence-electron chi connectivity index (χ0n) is 46.9. The SMILES string of the molecule is C=Cc1c(C)c2cc3[nH]c(cc4nc(cc5nc(cc1[nH]2)C(C)=C5CCC(=O)N=c1scc(-c2ccccc2)n1-c1ccc(C)cc1[N+](=O)[O-])C(CCC(=O)N=c1scc(-c2ccccc2)n1-c1ccc(C)cc1[N+](=O)[O-])=C4C)c(C)c3C=C. The Morgan fingerprint density at radius 1 is 0.548 bits per heavy atom. The molecule has 8 bridgehead atoms. The van der Waals surface area contributed by atoms with Crippen LogP contribution in [0, 0.1) is 47.9 Å². The van der Waals surface area contributed by atoms with E-state index in [1.54, 1.807) is 47.2 Å². The van der Waals surface area contributed by atoms with Crippen LogP contribution in [-0.4, -0.2) is 50.7 Å². The van der Waals surface area contributed by atoms with E-state index in [1.165, 1.54) is 34.8 Å². The second-order valence-electron chi connectivity index (χ2n) is 20.7. The lowest BCUT2D eigenvalue weighted by atomic mass is 9.98. The number of rotatable bonds is 14. The van der Waals surface area contributed by atoms with Crippen molar-refractivity contribution in [3.63, 3.8) is 0 Å². The molecule has 16 nitrogen and oxygen atoms in total. The minimum absolute atomic E-state index is 0.0307. The first-order chi connectivity index (χ1) is 40.5. The summed E-state index contributed by atoms with van der Waals surface area (Å²) in [5.41, 5.74) is 17.5. The van der Waals surface area contributed by atoms with Crippen molar-refractivity contribution < 1.29 is 19.4 Å². The number of nitrogens with one attached hydrogen (secondary N) is 2. The predicted octanol–water partition coefficient (Wildman–Crippen LogP) is 15.4. The van der Waals surface area contributed by atoms with E-state index in [2.05, 4.69) is 39.2 Å². The van der Waals surface area contributed by atoms with Crippen LogP contribution in [-0.2, 0) is 9.59 Å². The van der Waals surface area contributed by atoms with Gasteiger partial charge in [0.2, 0.25) is 11.8 Å². The quantitative estimate of drug-likeness (QED) is 0.0787. The van der Waals surface area contributed by atoms with Crippen LogP contribution in [0.25, 0.3) is 90.4 Å². The highest BCUT2D eigenvalue weighted by atomic mass is 32.1. The van der Waals surface area contributed by atoms with E-state index in [0.717, 1.165) is 77.7 Å². The number of thiazole rings is 2. The molecule has 9 aromatic rings. The molecule has 0 atom stereocenters. The zero-order chi connectivity index (χ0) is 59.1. The van der Waals surface area contributed by atoms with Crippen molar-refractivity contribution in [2.45, 2.75) is 67.2 Å². The van der Waals surface area contributed by atoms with Gasteiger partial charge in [0.1, 0.15) is 11.4 Å². The molecule has 0 saturated carbocycles. The number of aromatic amines is 2. The van der Waals surface area contributed by atoms with Crippen molar-refractivity contribution in [3.8, 4) is 33.9 Å². The predicted molar refractivity (Wildman–Crippen MR) is 336 cm³/mol. The van der Waals surface area contributed by atoms with Crippen LogP contribution in [0.4, 0.5) is 11.4 Å². The van der Waals surface area contributed by atoms with Gasteiger partial charge in [-0.1, -0.05) is 98.1 Å². The molecule has 2 amide bonds. The number of fused-ring (bicyclic) bond motifs is 8. The van der Waals surface area contributed by atoms with E-state index in [9.17, 15) is 29.8 Å². The number of benzene rings is 4. The molecule has 11 rings (SSSR count). The first-order valence-electron chi connectivity index (χ1n) is 27.1. The van der Waals surface area contributed by atoms with Crippen LogP contribution < -0.4 is 9.60 Å². The molecular formula is C66H56N10O6S2. The lowest BCUT2D eigenvalue weighted by Gasteiger charge is -2.10. The van der Waals surface area contributed by atoms with Crippen LogP contribution in [0.3, 0.4) is 0 Å². The number of nitro benzene ring substituents is 2. The van der Waals surface area contributed by atoms with Gasteiger partial charge in [-0.3, -0.25) is 39.0 Å². The number of nitro groups is 2. The van der Waals surface area contributed by atoms with E-state index in [1.807, 2.05) is 129 Å². The van der Waals surface area contributed by atoms with Gasteiger partial charge >= 0.3 is 0 Å². The minimum atomic E-state index is -0.439. The second-order valence-corrected chi connectivity index (χ2v) is 22.3. The average molecular weight is 1150 g/mol. The summed E-state index contributed by atoms with van der Waals surface area (Å²) in [4.78, 5) is 80.6. The summed E-state index contributed by atoms with van der Waals surface area (Å²) in [6.07, 6.45) is 4.04. The summed E-state index contributed by atoms with van der Waals surface area (Å²) in [6, 6.07) is 36.9. The third-order valence-corrected chi connectivity index (χ3v) is 17.0. The first-order valence-corrected chi connectivity index (χ1v) is 28.8. The Hall–Kier alpha value is -10.0. The number of aromatic nitrogens is 6. The molecule has 2 aliphatic heterocycles. The molecule has 5 aromatic heterocycles. The largest absolute Gasteiger partial charge is 0.355 e. The fourth-order valence-corrected chi connectivity index (χ4v) is 12.7. The van der Waals surface area contributed by atoms with E-state index in [-0.39, 0.29) is 58.0 Å². The van der Waals surface area contributed by atoms with Crippen molar-refractivity contribution in [1.29, 1.82) is 0 Å². The molecule has 2 aliphatic rings. The third kappa shape index (κ3) is 10.7. The number of amides is 2. The van der Waals surface area contributed by atoms with Crippen molar-refractivity contribution in [3.05, 3.63) is 231 Å². The topological polar surface area (TPSA) is 212 Å². The average Bonchev–Trinajstić information content (AvgIpc) is 4.41. The lowest BCUT2D eigenvalue weighted by Crippen LogP contribution is -2.17. The van der Waals surface area contributed by atoms with Gasteiger partial charge in [-0.25, -0.2) is 9.97 Å². The van der Waals surface area contributed by atoms with E-state index >= 15 is 0 Å². The van der Waals surface area contributed by atoms with Gasteiger partial charge in [0.15, 0.2) is 9.60 Å². The van der Waals surface area contributed by atoms with Gasteiger partial charge < -0.3 is 9.97 Å². The molecule has 418 valence electrons. The van der Waals surface area contributed by atoms with E-state index in [4.69, 9.17) is 9.97 Å². The van der Waals surface area contributed by atoms with Crippen LogP contribution in [0.1, 0.15) is 95.7 Å². The summed E-state index contributed by atoms with van der Waals surface area (Å²) >= 11 is 2.45. The fourth-order valence-electron chi connectivity index (χ4n) is 10.9. The van der Waals surface area contributed by atoms with Gasteiger partial charge in [-0.05, 0) is 146 Å². The second kappa shape index (κ2) is 23.1. The molecule has 0 unspecified atom stereocenters. The summed E-state index contributed by atoms with van der Waals surface area (Å²) in [5.74, 6) is -0.877. The Kier molecular flexibility index (Phi) is 15.3. The number of aryl methyl sites for hydroxylation is 4. The van der Waals surface area contributed by atoms with Crippen molar-refractivity contribution in [2.75, 3.05) is 0 Å². The van der Waals surface area contributed by atoms with Gasteiger partial charge in [-0.15, -0.1) is 22.7 Å². The number of hydrogen-bond acceptors (Lipinski definition) is 10. The van der Waals surface area contributed by atoms with Crippen LogP contribution >= 0.6 is 22.7 Å².